The van der Waals surface area contributed by atoms with E-state index in [4.69, 9.17) is 16.3 Å². The summed E-state index contributed by atoms with van der Waals surface area (Å²) in [6, 6.07) is 17.0. The molecule has 4 rings (SSSR count). The molecular weight excluding hydrogens is 520 g/mol. The van der Waals surface area contributed by atoms with Gasteiger partial charge >= 0.3 is 6.03 Å². The highest BCUT2D eigenvalue weighted by Crippen LogP contribution is 2.29. The molecule has 0 aromatic heterocycles. The van der Waals surface area contributed by atoms with Crippen molar-refractivity contribution in [1.29, 1.82) is 0 Å². The van der Waals surface area contributed by atoms with Gasteiger partial charge in [0.2, 0.25) is 0 Å². The van der Waals surface area contributed by atoms with E-state index in [2.05, 4.69) is 21.2 Å². The Balaban J connectivity index is 1.69. The average Bonchev–Trinajstić information content (AvgIpc) is 2.79. The van der Waals surface area contributed by atoms with Crippen LogP contribution < -0.4 is 15.0 Å². The normalized spacial score (nSPS) is 15.0. The van der Waals surface area contributed by atoms with Gasteiger partial charge in [-0.2, -0.15) is 0 Å². The van der Waals surface area contributed by atoms with Gasteiger partial charge in [-0.15, -0.1) is 0 Å². The lowest BCUT2D eigenvalue weighted by Crippen LogP contribution is -2.54. The summed E-state index contributed by atoms with van der Waals surface area (Å²) in [5, 5.41) is 2.82. The second-order valence-corrected chi connectivity index (χ2v) is 9.11. The average molecular weight is 540 g/mol. The van der Waals surface area contributed by atoms with Gasteiger partial charge in [0, 0.05) is 20.6 Å². The molecule has 34 heavy (non-hydrogen) atoms. The Hall–Kier alpha value is -3.42. The maximum atomic E-state index is 13.3. The number of ether oxygens (including phenoxy) is 1. The smallest absolute Gasteiger partial charge is 0.335 e. The Kier molecular flexibility index (Phi) is 6.86. The first-order valence-corrected chi connectivity index (χ1v) is 11.6. The van der Waals surface area contributed by atoms with Gasteiger partial charge in [0.15, 0.2) is 0 Å². The van der Waals surface area contributed by atoms with Crippen LogP contribution in [0.4, 0.5) is 10.5 Å². The maximum absolute atomic E-state index is 13.3. The Morgan fingerprint density at radius 1 is 1.00 bits per heavy atom. The van der Waals surface area contributed by atoms with Crippen molar-refractivity contribution in [3.05, 3.63) is 98.0 Å². The fourth-order valence-corrected chi connectivity index (χ4v) is 4.02. The van der Waals surface area contributed by atoms with Gasteiger partial charge in [-0.05, 0) is 67.4 Å². The molecule has 4 amide bonds. The summed E-state index contributed by atoms with van der Waals surface area (Å²) in [5.41, 5.74) is 3.43. The summed E-state index contributed by atoms with van der Waals surface area (Å²) in [5.74, 6) is -1.04. The number of barbiturate groups is 1. The highest BCUT2D eigenvalue weighted by Gasteiger charge is 2.37. The van der Waals surface area contributed by atoms with E-state index in [0.717, 1.165) is 26.1 Å². The molecule has 0 unspecified atom stereocenters. The molecule has 1 saturated heterocycles. The zero-order valence-electron chi connectivity index (χ0n) is 18.4. The number of nitrogens with zero attached hydrogens (tertiary/aromatic N) is 1. The van der Waals surface area contributed by atoms with Crippen molar-refractivity contribution in [2.24, 2.45) is 0 Å². The molecule has 3 aromatic rings. The lowest BCUT2D eigenvalue weighted by molar-refractivity contribution is -0.122. The maximum Gasteiger partial charge on any atom is 0.335 e. The summed E-state index contributed by atoms with van der Waals surface area (Å²) in [7, 11) is 0. The van der Waals surface area contributed by atoms with E-state index < -0.39 is 17.8 Å². The molecule has 1 aliphatic rings. The molecule has 8 heteroatoms. The van der Waals surface area contributed by atoms with Gasteiger partial charge < -0.3 is 4.74 Å². The first kappa shape index (κ1) is 23.7. The van der Waals surface area contributed by atoms with E-state index in [1.54, 1.807) is 36.4 Å². The number of urea groups is 1. The van der Waals surface area contributed by atoms with Crippen molar-refractivity contribution >= 4 is 57.1 Å². The van der Waals surface area contributed by atoms with Crippen LogP contribution in [0.1, 0.15) is 22.3 Å². The Labute approximate surface area is 210 Å². The number of rotatable bonds is 5. The molecular formula is C26H20BrClN2O4. The van der Waals surface area contributed by atoms with Gasteiger partial charge in [-0.1, -0.05) is 51.8 Å². The van der Waals surface area contributed by atoms with Crippen molar-refractivity contribution in [1.82, 2.24) is 5.32 Å². The Morgan fingerprint density at radius 3 is 2.50 bits per heavy atom. The number of halogens is 2. The zero-order valence-corrected chi connectivity index (χ0v) is 20.7. The number of imide groups is 2. The predicted octanol–water partition coefficient (Wildman–Crippen LogP) is 5.96. The second kappa shape index (κ2) is 9.83. The van der Waals surface area contributed by atoms with E-state index in [1.165, 1.54) is 6.08 Å². The van der Waals surface area contributed by atoms with Crippen LogP contribution in [-0.2, 0) is 16.2 Å². The molecule has 6 nitrogen and oxygen atoms in total. The molecule has 0 spiro atoms. The number of carbonyl (C=O) groups is 3. The number of aryl methyl sites for hydroxylation is 2. The quantitative estimate of drug-likeness (QED) is 0.320. The molecule has 3 aromatic carbocycles. The monoisotopic (exact) mass is 538 g/mol. The fourth-order valence-electron chi connectivity index (χ4n) is 3.45. The Morgan fingerprint density at radius 2 is 1.76 bits per heavy atom. The van der Waals surface area contributed by atoms with Crippen LogP contribution in [0.15, 0.2) is 70.7 Å². The topological polar surface area (TPSA) is 75.7 Å². The summed E-state index contributed by atoms with van der Waals surface area (Å²) in [6.45, 7) is 4.02. The zero-order chi connectivity index (χ0) is 24.4. The summed E-state index contributed by atoms with van der Waals surface area (Å²) < 4.78 is 6.69. The van der Waals surface area contributed by atoms with Crippen molar-refractivity contribution in [3.8, 4) is 5.75 Å². The number of amides is 4. The number of hydrogen-bond donors (Lipinski definition) is 1. The van der Waals surface area contributed by atoms with E-state index in [0.29, 0.717) is 22.0 Å². The number of hydrogen-bond acceptors (Lipinski definition) is 4. The Bertz CT molecular complexity index is 1350. The molecule has 1 aliphatic heterocycles. The van der Waals surface area contributed by atoms with E-state index in [-0.39, 0.29) is 12.2 Å². The van der Waals surface area contributed by atoms with Crippen LogP contribution in [0.5, 0.6) is 5.75 Å². The molecule has 1 N–H and O–H groups in total. The van der Waals surface area contributed by atoms with Crippen LogP contribution >= 0.6 is 27.5 Å². The van der Waals surface area contributed by atoms with Gasteiger partial charge in [0.05, 0.1) is 5.69 Å². The fraction of sp³-hybridized carbons (Fsp3) is 0.115. The van der Waals surface area contributed by atoms with Gasteiger partial charge in [-0.25, -0.2) is 9.69 Å². The highest BCUT2D eigenvalue weighted by molar-refractivity contribution is 9.10. The third-order valence-electron chi connectivity index (χ3n) is 5.46. The van der Waals surface area contributed by atoms with Crippen molar-refractivity contribution < 1.29 is 19.1 Å². The minimum absolute atomic E-state index is 0.182. The van der Waals surface area contributed by atoms with Crippen molar-refractivity contribution in [3.63, 3.8) is 0 Å². The number of nitrogens with one attached hydrogen (secondary N) is 1. The molecule has 1 fully saturated rings. The van der Waals surface area contributed by atoms with Gasteiger partial charge in [-0.3, -0.25) is 14.9 Å². The number of anilines is 1. The molecule has 0 aliphatic carbocycles. The number of benzene rings is 3. The summed E-state index contributed by atoms with van der Waals surface area (Å²) in [6.07, 6.45) is 1.42. The van der Waals surface area contributed by atoms with Crippen LogP contribution in [0.3, 0.4) is 0 Å². The first-order valence-electron chi connectivity index (χ1n) is 10.4. The molecule has 0 saturated carbocycles. The van der Waals surface area contributed by atoms with Crippen molar-refractivity contribution in [2.45, 2.75) is 20.5 Å². The largest absolute Gasteiger partial charge is 0.488 e. The minimum Gasteiger partial charge on any atom is -0.488 e. The summed E-state index contributed by atoms with van der Waals surface area (Å²) in [4.78, 5) is 39.4. The van der Waals surface area contributed by atoms with Gasteiger partial charge in [0.1, 0.15) is 17.9 Å². The first-order chi connectivity index (χ1) is 16.2. The molecule has 0 bridgehead atoms. The highest BCUT2D eigenvalue weighted by atomic mass is 79.9. The standard InChI is InChI=1S/C26H20BrClN2O4/c1-15-7-9-20(11-16(15)2)30-25(32)21(24(31)29-26(30)33)13-18-12-19(27)8-10-23(18)34-14-17-5-3-4-6-22(17)28/h3-13H,14H2,1-2H3,(H,29,31,33)/b21-13+. The van der Waals surface area contributed by atoms with Crippen LogP contribution in [-0.4, -0.2) is 17.8 Å². The number of carbonyl (C=O) groups excluding carboxylic acids is 3. The molecule has 172 valence electrons. The van der Waals surface area contributed by atoms with E-state index in [9.17, 15) is 14.4 Å². The van der Waals surface area contributed by atoms with E-state index in [1.807, 2.05) is 38.1 Å². The molecule has 0 radical (unpaired) electrons. The predicted molar refractivity (Wildman–Crippen MR) is 135 cm³/mol. The minimum atomic E-state index is -0.792. The SMILES string of the molecule is Cc1ccc(N2C(=O)NC(=O)/C(=C\c3cc(Br)ccc3OCc3ccccc3Cl)C2=O)cc1C. The summed E-state index contributed by atoms with van der Waals surface area (Å²) >= 11 is 9.64. The second-order valence-electron chi connectivity index (χ2n) is 7.79. The third-order valence-corrected chi connectivity index (χ3v) is 6.33. The molecule has 0 atom stereocenters. The van der Waals surface area contributed by atoms with Crippen LogP contribution in [0, 0.1) is 13.8 Å². The van der Waals surface area contributed by atoms with Crippen molar-refractivity contribution in [2.75, 3.05) is 4.90 Å². The van der Waals surface area contributed by atoms with Gasteiger partial charge in [0.25, 0.3) is 11.8 Å². The third kappa shape index (κ3) is 4.90. The lowest BCUT2D eigenvalue weighted by atomic mass is 10.0. The lowest BCUT2D eigenvalue weighted by Gasteiger charge is -2.27. The van der Waals surface area contributed by atoms with Crippen LogP contribution in [0.2, 0.25) is 5.02 Å². The van der Waals surface area contributed by atoms with E-state index >= 15 is 0 Å². The molecule has 1 heterocycles. The van der Waals surface area contributed by atoms with Crippen LogP contribution in [0.25, 0.3) is 6.08 Å².